The number of benzene rings is 2. The highest BCUT2D eigenvalue weighted by Gasteiger charge is 2.23. The second-order valence-electron chi connectivity index (χ2n) is 4.76. The monoisotopic (exact) mass is 281 g/mol. The third-order valence-electron chi connectivity index (χ3n) is 3.07. The van der Waals surface area contributed by atoms with E-state index in [1.807, 2.05) is 31.2 Å². The number of halogens is 1. The summed E-state index contributed by atoms with van der Waals surface area (Å²) in [6.45, 7) is 1.97. The van der Waals surface area contributed by atoms with E-state index in [9.17, 15) is 9.18 Å². The first-order valence-corrected chi connectivity index (χ1v) is 6.47. The fourth-order valence-electron chi connectivity index (χ4n) is 1.98. The molecule has 0 unspecified atom stereocenters. The molecule has 0 amide bonds. The van der Waals surface area contributed by atoms with E-state index in [2.05, 4.69) is 4.99 Å². The first-order valence-electron chi connectivity index (χ1n) is 6.47. The molecule has 0 fully saturated rings. The fourth-order valence-corrected chi connectivity index (χ4v) is 1.98. The van der Waals surface area contributed by atoms with Gasteiger partial charge < -0.3 is 4.74 Å². The Bertz CT molecular complexity index is 761. The van der Waals surface area contributed by atoms with E-state index in [1.54, 1.807) is 12.1 Å². The van der Waals surface area contributed by atoms with Crippen molar-refractivity contribution in [2.75, 3.05) is 0 Å². The van der Waals surface area contributed by atoms with Crippen molar-refractivity contribution in [3.63, 3.8) is 0 Å². The minimum Gasteiger partial charge on any atom is -0.402 e. The second-order valence-corrected chi connectivity index (χ2v) is 4.76. The largest absolute Gasteiger partial charge is 0.402 e. The van der Waals surface area contributed by atoms with E-state index in [0.717, 1.165) is 11.1 Å². The number of cyclic esters (lactones) is 1. The number of carbonyl (C=O) groups excluding carboxylic acids is 1. The van der Waals surface area contributed by atoms with Gasteiger partial charge in [0.2, 0.25) is 5.90 Å². The van der Waals surface area contributed by atoms with Gasteiger partial charge in [0.1, 0.15) is 5.82 Å². The number of hydrogen-bond donors (Lipinski definition) is 0. The van der Waals surface area contributed by atoms with Gasteiger partial charge in [-0.3, -0.25) is 0 Å². The van der Waals surface area contributed by atoms with Crippen LogP contribution in [0, 0.1) is 12.7 Å². The molecule has 1 aliphatic heterocycles. The zero-order valence-electron chi connectivity index (χ0n) is 11.3. The van der Waals surface area contributed by atoms with E-state index in [0.29, 0.717) is 5.56 Å². The Morgan fingerprint density at radius 2 is 1.90 bits per heavy atom. The summed E-state index contributed by atoms with van der Waals surface area (Å²) >= 11 is 0. The van der Waals surface area contributed by atoms with Gasteiger partial charge >= 0.3 is 5.97 Å². The minimum atomic E-state index is -0.533. The quantitative estimate of drug-likeness (QED) is 0.624. The van der Waals surface area contributed by atoms with Gasteiger partial charge in [0.25, 0.3) is 0 Å². The topological polar surface area (TPSA) is 38.7 Å². The predicted molar refractivity (Wildman–Crippen MR) is 78.2 cm³/mol. The average molecular weight is 281 g/mol. The predicted octanol–water partition coefficient (Wildman–Crippen LogP) is 3.48. The van der Waals surface area contributed by atoms with E-state index in [1.165, 1.54) is 18.2 Å². The fraction of sp³-hybridized carbons (Fsp3) is 0.0588. The Labute approximate surface area is 121 Å². The second kappa shape index (κ2) is 5.32. The lowest BCUT2D eigenvalue weighted by Crippen LogP contribution is -2.05. The summed E-state index contributed by atoms with van der Waals surface area (Å²) in [5.41, 5.74) is 2.57. The molecule has 1 heterocycles. The van der Waals surface area contributed by atoms with Crippen LogP contribution in [0.4, 0.5) is 4.39 Å². The molecule has 0 atom stereocenters. The summed E-state index contributed by atoms with van der Waals surface area (Å²) in [4.78, 5) is 16.0. The summed E-state index contributed by atoms with van der Waals surface area (Å²) in [5.74, 6) is -0.629. The van der Waals surface area contributed by atoms with E-state index < -0.39 is 5.97 Å². The van der Waals surface area contributed by atoms with Gasteiger partial charge in [-0.15, -0.1) is 0 Å². The molecule has 1 aliphatic rings. The smallest absolute Gasteiger partial charge is 0.363 e. The Kier molecular flexibility index (Phi) is 3.36. The molecule has 104 valence electrons. The van der Waals surface area contributed by atoms with Crippen LogP contribution in [0.25, 0.3) is 6.08 Å². The lowest BCUT2D eigenvalue weighted by Gasteiger charge is -1.99. The normalized spacial score (nSPS) is 16.0. The number of aryl methyl sites for hydroxylation is 1. The Hall–Kier alpha value is -2.75. The molecule has 0 radical (unpaired) electrons. The lowest BCUT2D eigenvalue weighted by molar-refractivity contribution is -0.129. The highest BCUT2D eigenvalue weighted by molar-refractivity contribution is 6.12. The van der Waals surface area contributed by atoms with E-state index in [-0.39, 0.29) is 17.4 Å². The van der Waals surface area contributed by atoms with Crippen LogP contribution in [0.1, 0.15) is 16.7 Å². The van der Waals surface area contributed by atoms with Crippen molar-refractivity contribution in [3.8, 4) is 0 Å². The Balaban J connectivity index is 1.93. The molecule has 3 nitrogen and oxygen atoms in total. The molecule has 3 rings (SSSR count). The number of nitrogens with zero attached hydrogens (tertiary/aromatic N) is 1. The van der Waals surface area contributed by atoms with Crippen molar-refractivity contribution in [2.45, 2.75) is 6.92 Å². The van der Waals surface area contributed by atoms with E-state index >= 15 is 0 Å². The lowest BCUT2D eigenvalue weighted by atomic mass is 10.1. The molecular weight excluding hydrogens is 269 g/mol. The van der Waals surface area contributed by atoms with Crippen LogP contribution in [0.3, 0.4) is 0 Å². The SMILES string of the molecule is Cc1ccc(C2=NC(=Cc3cccc(F)c3)C(=O)O2)cc1. The highest BCUT2D eigenvalue weighted by atomic mass is 19.1. The van der Waals surface area contributed by atoms with Gasteiger partial charge in [-0.05, 0) is 42.8 Å². The van der Waals surface area contributed by atoms with Gasteiger partial charge in [0.05, 0.1) is 0 Å². The maximum atomic E-state index is 13.1. The molecule has 0 saturated carbocycles. The third-order valence-corrected chi connectivity index (χ3v) is 3.07. The van der Waals surface area contributed by atoms with E-state index in [4.69, 9.17) is 4.74 Å². The first-order chi connectivity index (χ1) is 10.1. The van der Waals surface area contributed by atoms with Crippen molar-refractivity contribution in [3.05, 3.63) is 76.7 Å². The van der Waals surface area contributed by atoms with Crippen LogP contribution < -0.4 is 0 Å². The molecule has 0 aliphatic carbocycles. The summed E-state index contributed by atoms with van der Waals surface area (Å²) in [6, 6.07) is 13.5. The van der Waals surface area contributed by atoms with Crippen LogP contribution in [-0.4, -0.2) is 11.9 Å². The number of hydrogen-bond acceptors (Lipinski definition) is 3. The van der Waals surface area contributed by atoms with Crippen molar-refractivity contribution in [1.29, 1.82) is 0 Å². The molecule has 0 spiro atoms. The molecule has 0 N–H and O–H groups in total. The average Bonchev–Trinajstić information content (AvgIpc) is 2.81. The van der Waals surface area contributed by atoms with Gasteiger partial charge in [0, 0.05) is 5.56 Å². The van der Waals surface area contributed by atoms with Crippen molar-refractivity contribution in [1.82, 2.24) is 0 Å². The number of aliphatic imine (C=N–C) groups is 1. The van der Waals surface area contributed by atoms with Crippen LogP contribution in [0.2, 0.25) is 0 Å². The molecule has 21 heavy (non-hydrogen) atoms. The molecule has 0 bridgehead atoms. The van der Waals surface area contributed by atoms with Crippen LogP contribution in [0.15, 0.2) is 59.2 Å². The molecule has 0 saturated heterocycles. The standard InChI is InChI=1S/C17H12FNO2/c1-11-5-7-13(8-6-11)16-19-15(17(20)21-16)10-12-3-2-4-14(18)9-12/h2-10H,1H3. The zero-order chi connectivity index (χ0) is 14.8. The van der Waals surface area contributed by atoms with Gasteiger partial charge in [0.15, 0.2) is 5.70 Å². The summed E-state index contributed by atoms with van der Waals surface area (Å²) in [6.07, 6.45) is 1.51. The number of rotatable bonds is 2. The first kappa shape index (κ1) is 13.2. The Morgan fingerprint density at radius 1 is 1.14 bits per heavy atom. The van der Waals surface area contributed by atoms with Crippen LogP contribution in [-0.2, 0) is 9.53 Å². The summed E-state index contributed by atoms with van der Waals surface area (Å²) in [5, 5.41) is 0. The third kappa shape index (κ3) is 2.89. The van der Waals surface area contributed by atoms with Crippen molar-refractivity contribution in [2.24, 2.45) is 4.99 Å². The van der Waals surface area contributed by atoms with Gasteiger partial charge in [-0.1, -0.05) is 29.8 Å². The van der Waals surface area contributed by atoms with Crippen molar-refractivity contribution >= 4 is 17.9 Å². The summed E-state index contributed by atoms with van der Waals surface area (Å²) in [7, 11) is 0. The number of ether oxygens (including phenoxy) is 1. The van der Waals surface area contributed by atoms with Crippen LogP contribution >= 0.6 is 0 Å². The molecule has 4 heteroatoms. The number of carbonyl (C=O) groups is 1. The number of esters is 1. The minimum absolute atomic E-state index is 0.163. The molecule has 2 aromatic carbocycles. The maximum absolute atomic E-state index is 13.1. The van der Waals surface area contributed by atoms with Crippen molar-refractivity contribution < 1.29 is 13.9 Å². The zero-order valence-corrected chi connectivity index (χ0v) is 11.3. The maximum Gasteiger partial charge on any atom is 0.363 e. The molecule has 2 aromatic rings. The molecule has 0 aromatic heterocycles. The Morgan fingerprint density at radius 3 is 2.62 bits per heavy atom. The van der Waals surface area contributed by atoms with Gasteiger partial charge in [-0.2, -0.15) is 0 Å². The summed E-state index contributed by atoms with van der Waals surface area (Å²) < 4.78 is 18.3. The molecular formula is C17H12FNO2. The van der Waals surface area contributed by atoms with Crippen LogP contribution in [0.5, 0.6) is 0 Å². The van der Waals surface area contributed by atoms with Gasteiger partial charge in [-0.25, -0.2) is 14.2 Å². The highest BCUT2D eigenvalue weighted by Crippen LogP contribution is 2.19.